The van der Waals surface area contributed by atoms with Gasteiger partial charge >= 0.3 is 0 Å². The molecule has 1 aliphatic carbocycles. The number of phenols is 1. The molecule has 0 amide bonds. The molecule has 0 aromatic heterocycles. The Bertz CT molecular complexity index is 447. The van der Waals surface area contributed by atoms with Crippen LogP contribution in [-0.2, 0) is 0 Å². The second kappa shape index (κ2) is 5.53. The van der Waals surface area contributed by atoms with Gasteiger partial charge in [0.2, 0.25) is 5.82 Å². The lowest BCUT2D eigenvalue weighted by Crippen LogP contribution is -2.24. The summed E-state index contributed by atoms with van der Waals surface area (Å²) in [5.74, 6) is -2.74. The molecule has 1 aromatic carbocycles. The van der Waals surface area contributed by atoms with Gasteiger partial charge in [0.25, 0.3) is 0 Å². The third kappa shape index (κ3) is 2.52. The van der Waals surface area contributed by atoms with Crippen molar-refractivity contribution in [3.63, 3.8) is 0 Å². The number of phenolic OH excluding ortho intramolecular Hbond substituents is 1. The van der Waals surface area contributed by atoms with E-state index in [0.717, 1.165) is 25.7 Å². The van der Waals surface area contributed by atoms with Crippen molar-refractivity contribution in [3.8, 4) is 5.75 Å². The van der Waals surface area contributed by atoms with Gasteiger partial charge in [-0.2, -0.15) is 4.39 Å². The molecule has 0 aliphatic heterocycles. The van der Waals surface area contributed by atoms with Gasteiger partial charge in [-0.15, -0.1) is 0 Å². The highest BCUT2D eigenvalue weighted by molar-refractivity contribution is 9.10. The number of hydrogen-bond donors (Lipinski definition) is 2. The third-order valence-electron chi connectivity index (χ3n) is 3.68. The molecule has 2 nitrogen and oxygen atoms in total. The first kappa shape index (κ1) is 13.7. The van der Waals surface area contributed by atoms with Crippen LogP contribution in [0.25, 0.3) is 0 Å². The third-order valence-corrected chi connectivity index (χ3v) is 4.26. The smallest absolute Gasteiger partial charge is 0.201 e. The van der Waals surface area contributed by atoms with Gasteiger partial charge < -0.3 is 10.8 Å². The fraction of sp³-hybridized carbons (Fsp3) is 0.538. The van der Waals surface area contributed by atoms with Crippen molar-refractivity contribution >= 4 is 15.9 Å². The van der Waals surface area contributed by atoms with Crippen LogP contribution in [0.4, 0.5) is 8.78 Å². The number of benzene rings is 1. The molecule has 3 N–H and O–H groups in total. The predicted molar refractivity (Wildman–Crippen MR) is 69.2 cm³/mol. The van der Waals surface area contributed by atoms with Crippen molar-refractivity contribution < 1.29 is 13.9 Å². The van der Waals surface area contributed by atoms with E-state index in [9.17, 15) is 13.9 Å². The minimum Gasteiger partial charge on any atom is -0.505 e. The molecule has 0 radical (unpaired) electrons. The van der Waals surface area contributed by atoms with Crippen molar-refractivity contribution in [3.05, 3.63) is 27.7 Å². The first-order valence-electron chi connectivity index (χ1n) is 6.14. The van der Waals surface area contributed by atoms with E-state index in [0.29, 0.717) is 0 Å². The van der Waals surface area contributed by atoms with E-state index < -0.39 is 23.4 Å². The maximum Gasteiger partial charge on any atom is 0.201 e. The molecule has 1 saturated carbocycles. The summed E-state index contributed by atoms with van der Waals surface area (Å²) in [7, 11) is 0. The molecule has 0 unspecified atom stereocenters. The molecular weight excluding hydrogens is 304 g/mol. The van der Waals surface area contributed by atoms with Crippen LogP contribution in [-0.4, -0.2) is 5.11 Å². The molecule has 1 aliphatic rings. The molecule has 2 rings (SSSR count). The number of nitrogens with two attached hydrogens (primary N) is 1. The average molecular weight is 320 g/mol. The number of hydrogen-bond acceptors (Lipinski definition) is 2. The van der Waals surface area contributed by atoms with Crippen LogP contribution < -0.4 is 5.73 Å². The van der Waals surface area contributed by atoms with Gasteiger partial charge in [0.15, 0.2) is 11.6 Å². The topological polar surface area (TPSA) is 46.2 Å². The van der Waals surface area contributed by atoms with Crippen LogP contribution in [0.5, 0.6) is 5.75 Å². The van der Waals surface area contributed by atoms with E-state index in [-0.39, 0.29) is 16.0 Å². The standard InChI is InChI=1S/C13H16BrF2NO/c14-9-6-8(13(18)11(16)10(9)15)12(17)7-4-2-1-3-5-7/h6-7,12,18H,1-5,17H2/t12-/m1/s1. The second-order valence-corrected chi connectivity index (χ2v) is 5.70. The van der Waals surface area contributed by atoms with Crippen molar-refractivity contribution in [1.82, 2.24) is 0 Å². The van der Waals surface area contributed by atoms with Crippen LogP contribution >= 0.6 is 15.9 Å². The Balaban J connectivity index is 2.32. The van der Waals surface area contributed by atoms with Crippen molar-refractivity contribution in [1.29, 1.82) is 0 Å². The quantitative estimate of drug-likeness (QED) is 0.809. The lowest BCUT2D eigenvalue weighted by atomic mass is 9.81. The highest BCUT2D eigenvalue weighted by atomic mass is 79.9. The fourth-order valence-electron chi connectivity index (χ4n) is 2.61. The number of rotatable bonds is 2. The minimum atomic E-state index is -1.23. The summed E-state index contributed by atoms with van der Waals surface area (Å²) in [6.45, 7) is 0. The van der Waals surface area contributed by atoms with E-state index in [4.69, 9.17) is 5.73 Å². The molecule has 100 valence electrons. The summed E-state index contributed by atoms with van der Waals surface area (Å²) in [5.41, 5.74) is 6.37. The van der Waals surface area contributed by atoms with Crippen LogP contribution in [0.15, 0.2) is 10.5 Å². The van der Waals surface area contributed by atoms with Gasteiger partial charge in [-0.3, -0.25) is 0 Å². The average Bonchev–Trinajstić information content (AvgIpc) is 2.41. The summed E-state index contributed by atoms with van der Waals surface area (Å²) >= 11 is 2.94. The van der Waals surface area contributed by atoms with Crippen LogP contribution in [0.1, 0.15) is 43.7 Å². The summed E-state index contributed by atoms with van der Waals surface area (Å²) in [6, 6.07) is 0.934. The van der Waals surface area contributed by atoms with Gasteiger partial charge in [0.1, 0.15) is 0 Å². The van der Waals surface area contributed by atoms with Crippen molar-refractivity contribution in [2.75, 3.05) is 0 Å². The lowest BCUT2D eigenvalue weighted by molar-refractivity contribution is 0.299. The Morgan fingerprint density at radius 2 is 1.83 bits per heavy atom. The normalized spacial score (nSPS) is 18.9. The van der Waals surface area contributed by atoms with Gasteiger partial charge in [0.05, 0.1) is 4.47 Å². The van der Waals surface area contributed by atoms with E-state index >= 15 is 0 Å². The van der Waals surface area contributed by atoms with E-state index in [1.165, 1.54) is 12.5 Å². The molecule has 18 heavy (non-hydrogen) atoms. The molecule has 1 fully saturated rings. The maximum absolute atomic E-state index is 13.5. The van der Waals surface area contributed by atoms with E-state index in [1.54, 1.807) is 0 Å². The molecule has 5 heteroatoms. The monoisotopic (exact) mass is 319 g/mol. The Labute approximate surface area is 113 Å². The summed E-state index contributed by atoms with van der Waals surface area (Å²) < 4.78 is 26.7. The summed E-state index contributed by atoms with van der Waals surface area (Å²) in [4.78, 5) is 0. The fourth-order valence-corrected chi connectivity index (χ4v) is 3.03. The van der Waals surface area contributed by atoms with Gasteiger partial charge in [-0.25, -0.2) is 4.39 Å². The number of aromatic hydroxyl groups is 1. The van der Waals surface area contributed by atoms with Crippen LogP contribution in [0, 0.1) is 17.6 Å². The second-order valence-electron chi connectivity index (χ2n) is 4.85. The molecule has 0 spiro atoms. The lowest BCUT2D eigenvalue weighted by Gasteiger charge is -2.28. The van der Waals surface area contributed by atoms with Gasteiger partial charge in [0, 0.05) is 11.6 Å². The number of halogens is 3. The minimum absolute atomic E-state index is 0.000871. The van der Waals surface area contributed by atoms with Crippen molar-refractivity contribution in [2.24, 2.45) is 11.7 Å². The van der Waals surface area contributed by atoms with E-state index in [2.05, 4.69) is 15.9 Å². The summed E-state index contributed by atoms with van der Waals surface area (Å²) in [5, 5.41) is 9.69. The first-order valence-corrected chi connectivity index (χ1v) is 6.93. The van der Waals surface area contributed by atoms with E-state index in [1.807, 2.05) is 0 Å². The zero-order chi connectivity index (χ0) is 13.3. The highest BCUT2D eigenvalue weighted by Crippen LogP contribution is 2.39. The molecule has 0 saturated heterocycles. The zero-order valence-electron chi connectivity index (χ0n) is 9.93. The Morgan fingerprint density at radius 3 is 2.44 bits per heavy atom. The maximum atomic E-state index is 13.5. The Hall–Kier alpha value is -0.680. The largest absolute Gasteiger partial charge is 0.505 e. The molecular formula is C13H16BrF2NO. The SMILES string of the molecule is N[C@@H](c1cc(Br)c(F)c(F)c1O)C1CCCCC1. The molecule has 0 bridgehead atoms. The van der Waals surface area contributed by atoms with Crippen LogP contribution in [0.2, 0.25) is 0 Å². The van der Waals surface area contributed by atoms with Gasteiger partial charge in [-0.05, 0) is 40.8 Å². The molecule has 1 atom stereocenters. The first-order chi connectivity index (χ1) is 8.52. The Kier molecular flexibility index (Phi) is 4.22. The van der Waals surface area contributed by atoms with Gasteiger partial charge in [-0.1, -0.05) is 19.3 Å². The zero-order valence-corrected chi connectivity index (χ0v) is 11.5. The molecule has 1 aromatic rings. The van der Waals surface area contributed by atoms with Crippen molar-refractivity contribution in [2.45, 2.75) is 38.1 Å². The Morgan fingerprint density at radius 1 is 1.22 bits per heavy atom. The summed E-state index contributed by atoms with van der Waals surface area (Å²) in [6.07, 6.45) is 5.33. The highest BCUT2D eigenvalue weighted by Gasteiger charge is 2.27. The molecule has 0 heterocycles. The van der Waals surface area contributed by atoms with Crippen LogP contribution in [0.3, 0.4) is 0 Å². The predicted octanol–water partition coefficient (Wildman–Crippen LogP) is 4.01.